The van der Waals surface area contributed by atoms with E-state index in [-0.39, 0.29) is 0 Å². The Morgan fingerprint density at radius 1 is 1.50 bits per heavy atom. The van der Waals surface area contributed by atoms with Crippen molar-refractivity contribution >= 4 is 28.7 Å². The van der Waals surface area contributed by atoms with Crippen molar-refractivity contribution in [3.8, 4) is 0 Å². The monoisotopic (exact) mass is 268 g/mol. The summed E-state index contributed by atoms with van der Waals surface area (Å²) in [7, 11) is 0. The van der Waals surface area contributed by atoms with Gasteiger partial charge in [-0.2, -0.15) is 0 Å². The van der Waals surface area contributed by atoms with Gasteiger partial charge in [-0.15, -0.1) is 0 Å². The topological polar surface area (TPSA) is 66.0 Å². The average molecular weight is 269 g/mol. The highest BCUT2D eigenvalue weighted by molar-refractivity contribution is 6.31. The number of ether oxygens (including phenoxy) is 1. The van der Waals surface area contributed by atoms with Crippen LogP contribution in [0.1, 0.15) is 13.8 Å². The van der Waals surface area contributed by atoms with Crippen LogP contribution in [0.5, 0.6) is 0 Å². The number of nitrogen functional groups attached to an aromatic ring is 1. The lowest BCUT2D eigenvalue weighted by atomic mass is 10.2. The number of anilines is 1. The van der Waals surface area contributed by atoms with E-state index >= 15 is 0 Å². The molecule has 0 bridgehead atoms. The first-order chi connectivity index (χ1) is 8.58. The van der Waals surface area contributed by atoms with Crippen molar-refractivity contribution in [1.82, 2.24) is 14.5 Å². The van der Waals surface area contributed by atoms with Gasteiger partial charge in [0.25, 0.3) is 0 Å². The van der Waals surface area contributed by atoms with Crippen molar-refractivity contribution in [2.75, 3.05) is 18.9 Å². The SMILES string of the molecule is CC(C)COCCn1c(N)nc2cc(Cl)cnc21. The van der Waals surface area contributed by atoms with Gasteiger partial charge in [0, 0.05) is 12.8 Å². The molecule has 0 saturated carbocycles. The molecule has 0 aromatic carbocycles. The minimum absolute atomic E-state index is 0.438. The van der Waals surface area contributed by atoms with E-state index in [0.717, 1.165) is 12.3 Å². The number of imidazole rings is 1. The van der Waals surface area contributed by atoms with E-state index in [1.807, 2.05) is 4.57 Å². The Morgan fingerprint density at radius 3 is 3.00 bits per heavy atom. The summed E-state index contributed by atoms with van der Waals surface area (Å²) in [4.78, 5) is 8.47. The molecule has 98 valence electrons. The van der Waals surface area contributed by atoms with E-state index in [2.05, 4.69) is 23.8 Å². The average Bonchev–Trinajstić information content (AvgIpc) is 2.59. The van der Waals surface area contributed by atoms with Crippen LogP contribution in [0.15, 0.2) is 12.3 Å². The van der Waals surface area contributed by atoms with E-state index in [9.17, 15) is 0 Å². The van der Waals surface area contributed by atoms with Gasteiger partial charge < -0.3 is 10.5 Å². The lowest BCUT2D eigenvalue weighted by Crippen LogP contribution is -2.11. The first-order valence-electron chi connectivity index (χ1n) is 5.93. The zero-order valence-electron chi connectivity index (χ0n) is 10.6. The molecule has 2 heterocycles. The number of aromatic nitrogens is 3. The predicted molar refractivity (Wildman–Crippen MR) is 72.6 cm³/mol. The van der Waals surface area contributed by atoms with Crippen LogP contribution in [0.4, 0.5) is 5.95 Å². The maximum Gasteiger partial charge on any atom is 0.202 e. The van der Waals surface area contributed by atoms with E-state index in [1.54, 1.807) is 12.3 Å². The van der Waals surface area contributed by atoms with Crippen LogP contribution in [-0.2, 0) is 11.3 Å². The van der Waals surface area contributed by atoms with Gasteiger partial charge in [-0.05, 0) is 12.0 Å². The molecule has 0 fully saturated rings. The molecule has 18 heavy (non-hydrogen) atoms. The standard InChI is InChI=1S/C12H17ClN4O/c1-8(2)7-18-4-3-17-11-10(16-12(17)14)5-9(13)6-15-11/h5-6,8H,3-4,7H2,1-2H3,(H2,14,16). The molecule has 6 heteroatoms. The third-order valence-corrected chi connectivity index (χ3v) is 2.70. The molecule has 0 aliphatic heterocycles. The number of pyridine rings is 1. The lowest BCUT2D eigenvalue weighted by molar-refractivity contribution is 0.104. The Balaban J connectivity index is 2.10. The minimum Gasteiger partial charge on any atom is -0.379 e. The molecule has 2 rings (SSSR count). The van der Waals surface area contributed by atoms with Crippen LogP contribution in [0.25, 0.3) is 11.2 Å². The van der Waals surface area contributed by atoms with Crippen molar-refractivity contribution < 1.29 is 4.74 Å². The fourth-order valence-corrected chi connectivity index (χ4v) is 1.85. The Bertz CT molecular complexity index is 538. The summed E-state index contributed by atoms with van der Waals surface area (Å²) in [5.74, 6) is 0.965. The molecule has 2 N–H and O–H groups in total. The van der Waals surface area contributed by atoms with Crippen LogP contribution in [-0.4, -0.2) is 27.7 Å². The fraction of sp³-hybridized carbons (Fsp3) is 0.500. The van der Waals surface area contributed by atoms with Gasteiger partial charge in [0.15, 0.2) is 5.65 Å². The molecule has 0 amide bonds. The molecule has 0 atom stereocenters. The molecule has 2 aromatic heterocycles. The Hall–Kier alpha value is -1.33. The summed E-state index contributed by atoms with van der Waals surface area (Å²) >= 11 is 5.86. The number of hydrogen-bond donors (Lipinski definition) is 1. The van der Waals surface area contributed by atoms with Crippen molar-refractivity contribution in [2.45, 2.75) is 20.4 Å². The van der Waals surface area contributed by atoms with Crippen LogP contribution < -0.4 is 5.73 Å². The quantitative estimate of drug-likeness (QED) is 0.846. The fourth-order valence-electron chi connectivity index (χ4n) is 1.70. The summed E-state index contributed by atoms with van der Waals surface area (Å²) in [5.41, 5.74) is 7.31. The molecule has 5 nitrogen and oxygen atoms in total. The van der Waals surface area contributed by atoms with E-state index in [4.69, 9.17) is 22.1 Å². The zero-order chi connectivity index (χ0) is 13.1. The number of halogens is 1. The molecule has 0 spiro atoms. The second kappa shape index (κ2) is 5.54. The first kappa shape index (κ1) is 13.1. The third-order valence-electron chi connectivity index (χ3n) is 2.49. The van der Waals surface area contributed by atoms with Gasteiger partial charge in [0.1, 0.15) is 5.52 Å². The zero-order valence-corrected chi connectivity index (χ0v) is 11.3. The molecular weight excluding hydrogens is 252 g/mol. The van der Waals surface area contributed by atoms with Gasteiger partial charge in [0.05, 0.1) is 18.2 Å². The molecule has 0 aliphatic carbocycles. The Labute approximate surface area is 111 Å². The van der Waals surface area contributed by atoms with E-state index in [1.165, 1.54) is 0 Å². The first-order valence-corrected chi connectivity index (χ1v) is 6.30. The number of nitrogens with two attached hydrogens (primary N) is 1. The van der Waals surface area contributed by atoms with Gasteiger partial charge in [-0.25, -0.2) is 9.97 Å². The predicted octanol–water partition coefficient (Wildman–Crippen LogP) is 2.34. The smallest absolute Gasteiger partial charge is 0.202 e. The normalized spacial score (nSPS) is 11.6. The molecule has 0 saturated heterocycles. The van der Waals surface area contributed by atoms with Crippen molar-refractivity contribution in [3.05, 3.63) is 17.3 Å². The molecule has 0 aliphatic rings. The van der Waals surface area contributed by atoms with Crippen LogP contribution >= 0.6 is 11.6 Å². The van der Waals surface area contributed by atoms with Crippen molar-refractivity contribution in [2.24, 2.45) is 5.92 Å². The van der Waals surface area contributed by atoms with Crippen LogP contribution in [0.3, 0.4) is 0 Å². The Kier molecular flexibility index (Phi) is 4.04. The molecule has 2 aromatic rings. The maximum absolute atomic E-state index is 5.86. The highest BCUT2D eigenvalue weighted by atomic mass is 35.5. The number of fused-ring (bicyclic) bond motifs is 1. The summed E-state index contributed by atoms with van der Waals surface area (Å²) in [6.07, 6.45) is 1.59. The van der Waals surface area contributed by atoms with Gasteiger partial charge in [0.2, 0.25) is 5.95 Å². The second-order valence-corrected chi connectivity index (χ2v) is 5.02. The van der Waals surface area contributed by atoms with E-state index in [0.29, 0.717) is 35.6 Å². The minimum atomic E-state index is 0.438. The molecular formula is C12H17ClN4O. The summed E-state index contributed by atoms with van der Waals surface area (Å²) in [6, 6.07) is 1.76. The maximum atomic E-state index is 5.86. The van der Waals surface area contributed by atoms with E-state index < -0.39 is 0 Å². The van der Waals surface area contributed by atoms with Crippen LogP contribution in [0, 0.1) is 5.92 Å². The second-order valence-electron chi connectivity index (χ2n) is 4.59. The molecule has 0 radical (unpaired) electrons. The molecule has 0 unspecified atom stereocenters. The largest absolute Gasteiger partial charge is 0.379 e. The van der Waals surface area contributed by atoms with Gasteiger partial charge >= 0.3 is 0 Å². The summed E-state index contributed by atoms with van der Waals surface area (Å²) in [5, 5.41) is 0.559. The highest BCUT2D eigenvalue weighted by Crippen LogP contribution is 2.18. The third kappa shape index (κ3) is 2.91. The number of nitrogens with zero attached hydrogens (tertiary/aromatic N) is 3. The summed E-state index contributed by atoms with van der Waals surface area (Å²) < 4.78 is 7.38. The number of rotatable bonds is 5. The van der Waals surface area contributed by atoms with Crippen molar-refractivity contribution in [1.29, 1.82) is 0 Å². The summed E-state index contributed by atoms with van der Waals surface area (Å²) in [6.45, 7) is 6.21. The lowest BCUT2D eigenvalue weighted by Gasteiger charge is -2.08. The van der Waals surface area contributed by atoms with Crippen molar-refractivity contribution in [3.63, 3.8) is 0 Å². The number of hydrogen-bond acceptors (Lipinski definition) is 4. The highest BCUT2D eigenvalue weighted by Gasteiger charge is 2.09. The Morgan fingerprint density at radius 2 is 2.28 bits per heavy atom. The van der Waals surface area contributed by atoms with Gasteiger partial charge in [-0.1, -0.05) is 25.4 Å². The van der Waals surface area contributed by atoms with Gasteiger partial charge in [-0.3, -0.25) is 4.57 Å². The van der Waals surface area contributed by atoms with Crippen LogP contribution in [0.2, 0.25) is 5.02 Å².